The molecule has 1 saturated heterocycles. The molecule has 0 aromatic heterocycles. The van der Waals surface area contributed by atoms with Crippen molar-refractivity contribution in [2.75, 3.05) is 31.5 Å². The molecule has 28 heavy (non-hydrogen) atoms. The van der Waals surface area contributed by atoms with Gasteiger partial charge in [-0.05, 0) is 43.9 Å². The number of rotatable bonds is 3. The molecule has 0 atom stereocenters. The molecule has 7 nitrogen and oxygen atoms in total. The van der Waals surface area contributed by atoms with E-state index in [-0.39, 0.29) is 29.6 Å². The maximum absolute atomic E-state index is 12.8. The second-order valence-electron chi connectivity index (χ2n) is 7.56. The highest BCUT2D eigenvalue weighted by Crippen LogP contribution is 2.31. The first-order valence-electron chi connectivity index (χ1n) is 9.83. The minimum atomic E-state index is -0.107. The normalized spacial score (nSPS) is 22.3. The Morgan fingerprint density at radius 2 is 1.61 bits per heavy atom. The van der Waals surface area contributed by atoms with Crippen LogP contribution in [0.1, 0.15) is 38.2 Å². The lowest BCUT2D eigenvalue weighted by Crippen LogP contribution is -2.51. The third-order valence-corrected chi connectivity index (χ3v) is 5.74. The molecule has 2 fully saturated rings. The summed E-state index contributed by atoms with van der Waals surface area (Å²) in [5, 5.41) is 11.8. The van der Waals surface area contributed by atoms with Crippen LogP contribution in [0.5, 0.6) is 0 Å². The summed E-state index contributed by atoms with van der Waals surface area (Å²) in [6.07, 6.45) is 2.80. The predicted octanol–water partition coefficient (Wildman–Crippen LogP) is 1.99. The quantitative estimate of drug-likeness (QED) is 0.865. The number of piperazine rings is 1. The Morgan fingerprint density at radius 3 is 2.21 bits per heavy atom. The summed E-state index contributed by atoms with van der Waals surface area (Å²) in [7, 11) is 0. The average molecular weight is 382 g/mol. The van der Waals surface area contributed by atoms with E-state index in [1.165, 1.54) is 0 Å². The van der Waals surface area contributed by atoms with Gasteiger partial charge < -0.3 is 15.1 Å². The lowest BCUT2D eigenvalue weighted by atomic mass is 9.80. The molecule has 1 N–H and O–H groups in total. The van der Waals surface area contributed by atoms with Crippen molar-refractivity contribution in [2.24, 2.45) is 11.8 Å². The largest absolute Gasteiger partial charge is 0.339 e. The van der Waals surface area contributed by atoms with E-state index in [1.54, 1.807) is 36.1 Å². The molecule has 3 amide bonds. The molecule has 1 aliphatic carbocycles. The second-order valence-corrected chi connectivity index (χ2v) is 7.56. The SMILES string of the molecule is CC(=O)N1CCN(C(=O)C2CCC(C(=O)Nc3cccc(C#N)c3)CC2)CC1. The summed E-state index contributed by atoms with van der Waals surface area (Å²) in [6, 6.07) is 8.94. The molecule has 7 heteroatoms. The molecule has 2 aliphatic rings. The molecular weight excluding hydrogens is 356 g/mol. The van der Waals surface area contributed by atoms with Crippen molar-refractivity contribution in [3.05, 3.63) is 29.8 Å². The zero-order valence-corrected chi connectivity index (χ0v) is 16.2. The van der Waals surface area contributed by atoms with Crippen molar-refractivity contribution in [1.29, 1.82) is 5.26 Å². The maximum atomic E-state index is 12.8. The zero-order chi connectivity index (χ0) is 20.1. The fourth-order valence-electron chi connectivity index (χ4n) is 4.01. The maximum Gasteiger partial charge on any atom is 0.227 e. The van der Waals surface area contributed by atoms with Crippen LogP contribution in [-0.4, -0.2) is 53.7 Å². The summed E-state index contributed by atoms with van der Waals surface area (Å²) in [5.41, 5.74) is 1.14. The molecule has 148 valence electrons. The smallest absolute Gasteiger partial charge is 0.227 e. The van der Waals surface area contributed by atoms with Gasteiger partial charge in [0.15, 0.2) is 0 Å². The number of carbonyl (C=O) groups excluding carboxylic acids is 3. The van der Waals surface area contributed by atoms with Crippen molar-refractivity contribution < 1.29 is 14.4 Å². The van der Waals surface area contributed by atoms with E-state index in [4.69, 9.17) is 5.26 Å². The Kier molecular flexibility index (Phi) is 6.30. The first-order valence-corrected chi connectivity index (χ1v) is 9.83. The first kappa shape index (κ1) is 19.9. The number of nitrogens with one attached hydrogen (secondary N) is 1. The molecule has 0 bridgehead atoms. The Hall–Kier alpha value is -2.88. The molecule has 1 heterocycles. The Balaban J connectivity index is 1.47. The van der Waals surface area contributed by atoms with Crippen LogP contribution in [-0.2, 0) is 14.4 Å². The van der Waals surface area contributed by atoms with Crippen LogP contribution in [0.4, 0.5) is 5.69 Å². The van der Waals surface area contributed by atoms with E-state index < -0.39 is 0 Å². The number of amides is 3. The van der Waals surface area contributed by atoms with Gasteiger partial charge in [0.1, 0.15) is 0 Å². The van der Waals surface area contributed by atoms with Gasteiger partial charge in [-0.15, -0.1) is 0 Å². The van der Waals surface area contributed by atoms with Crippen molar-refractivity contribution >= 4 is 23.4 Å². The van der Waals surface area contributed by atoms with Gasteiger partial charge in [-0.25, -0.2) is 0 Å². The molecular formula is C21H26N4O3. The summed E-state index contributed by atoms with van der Waals surface area (Å²) < 4.78 is 0. The van der Waals surface area contributed by atoms with Gasteiger partial charge in [0.25, 0.3) is 0 Å². The Labute approximate surface area is 165 Å². The highest BCUT2D eigenvalue weighted by molar-refractivity contribution is 5.93. The number of nitriles is 1. The van der Waals surface area contributed by atoms with Crippen LogP contribution in [0.2, 0.25) is 0 Å². The van der Waals surface area contributed by atoms with Gasteiger partial charge in [0, 0.05) is 50.6 Å². The van der Waals surface area contributed by atoms with E-state index in [9.17, 15) is 14.4 Å². The fraction of sp³-hybridized carbons (Fsp3) is 0.524. The van der Waals surface area contributed by atoms with Crippen LogP contribution in [0, 0.1) is 23.2 Å². The van der Waals surface area contributed by atoms with Crippen LogP contribution in [0.25, 0.3) is 0 Å². The number of benzene rings is 1. The standard InChI is InChI=1S/C21H26N4O3/c1-15(26)24-9-11-25(12-10-24)21(28)18-7-5-17(6-8-18)20(27)23-19-4-2-3-16(13-19)14-22/h2-4,13,17-18H,5-12H2,1H3,(H,23,27). The van der Waals surface area contributed by atoms with E-state index in [0.717, 1.165) is 0 Å². The molecule has 0 unspecified atom stereocenters. The number of hydrogen-bond acceptors (Lipinski definition) is 4. The first-order chi connectivity index (χ1) is 13.5. The number of anilines is 1. The third-order valence-electron chi connectivity index (χ3n) is 5.74. The molecule has 1 aliphatic heterocycles. The van der Waals surface area contributed by atoms with Crippen LogP contribution in [0.15, 0.2) is 24.3 Å². The topological polar surface area (TPSA) is 93.5 Å². The van der Waals surface area contributed by atoms with Crippen molar-refractivity contribution in [2.45, 2.75) is 32.6 Å². The highest BCUT2D eigenvalue weighted by atomic mass is 16.2. The number of nitrogens with zero attached hydrogens (tertiary/aromatic N) is 3. The molecule has 1 aromatic rings. The Morgan fingerprint density at radius 1 is 1.00 bits per heavy atom. The van der Waals surface area contributed by atoms with Gasteiger partial charge in [-0.2, -0.15) is 5.26 Å². The molecule has 0 radical (unpaired) electrons. The van der Waals surface area contributed by atoms with Crippen molar-refractivity contribution in [1.82, 2.24) is 9.80 Å². The number of carbonyl (C=O) groups is 3. The molecule has 1 aromatic carbocycles. The van der Waals surface area contributed by atoms with Crippen LogP contribution in [0.3, 0.4) is 0 Å². The van der Waals surface area contributed by atoms with E-state index in [0.29, 0.717) is 63.1 Å². The predicted molar refractivity (Wildman–Crippen MR) is 104 cm³/mol. The van der Waals surface area contributed by atoms with E-state index in [2.05, 4.69) is 11.4 Å². The summed E-state index contributed by atoms with van der Waals surface area (Å²) in [4.78, 5) is 40.3. The lowest BCUT2D eigenvalue weighted by molar-refractivity contribution is -0.142. The van der Waals surface area contributed by atoms with Gasteiger partial charge in [-0.3, -0.25) is 14.4 Å². The Bertz CT molecular complexity index is 785. The minimum Gasteiger partial charge on any atom is -0.339 e. The lowest BCUT2D eigenvalue weighted by Gasteiger charge is -2.37. The highest BCUT2D eigenvalue weighted by Gasteiger charge is 2.33. The monoisotopic (exact) mass is 382 g/mol. The third kappa shape index (κ3) is 4.69. The zero-order valence-electron chi connectivity index (χ0n) is 16.2. The van der Waals surface area contributed by atoms with Gasteiger partial charge in [-0.1, -0.05) is 6.07 Å². The van der Waals surface area contributed by atoms with Crippen molar-refractivity contribution in [3.8, 4) is 6.07 Å². The second kappa shape index (κ2) is 8.87. The minimum absolute atomic E-state index is 0.0326. The van der Waals surface area contributed by atoms with Crippen LogP contribution < -0.4 is 5.32 Å². The van der Waals surface area contributed by atoms with Crippen LogP contribution >= 0.6 is 0 Å². The summed E-state index contributed by atoms with van der Waals surface area (Å²) in [6.45, 7) is 3.93. The molecule has 0 spiro atoms. The van der Waals surface area contributed by atoms with Gasteiger partial charge in [0.2, 0.25) is 17.7 Å². The summed E-state index contributed by atoms with van der Waals surface area (Å²) in [5.74, 6) is 0.0259. The molecule has 1 saturated carbocycles. The number of hydrogen-bond donors (Lipinski definition) is 1. The van der Waals surface area contributed by atoms with Gasteiger partial charge >= 0.3 is 0 Å². The van der Waals surface area contributed by atoms with E-state index in [1.807, 2.05) is 4.90 Å². The fourth-order valence-corrected chi connectivity index (χ4v) is 4.01. The molecule has 3 rings (SSSR count). The summed E-state index contributed by atoms with van der Waals surface area (Å²) >= 11 is 0. The van der Waals surface area contributed by atoms with Gasteiger partial charge in [0.05, 0.1) is 11.6 Å². The average Bonchev–Trinajstić information content (AvgIpc) is 2.73. The van der Waals surface area contributed by atoms with Crippen molar-refractivity contribution in [3.63, 3.8) is 0 Å². The van der Waals surface area contributed by atoms with E-state index >= 15 is 0 Å².